The van der Waals surface area contributed by atoms with Gasteiger partial charge in [0.2, 0.25) is 0 Å². The number of hydrogen-bond acceptors (Lipinski definition) is 4. The molecule has 1 saturated heterocycles. The molecule has 1 aliphatic heterocycles. The van der Waals surface area contributed by atoms with Gasteiger partial charge in [0.15, 0.2) is 5.11 Å². The lowest BCUT2D eigenvalue weighted by atomic mass is 10.1. The number of rotatable bonds is 3. The van der Waals surface area contributed by atoms with E-state index in [1.54, 1.807) is 18.2 Å². The van der Waals surface area contributed by atoms with Crippen LogP contribution in [-0.2, 0) is 9.59 Å². The average Bonchev–Trinajstić information content (AvgIpc) is 2.60. The van der Waals surface area contributed by atoms with Crippen molar-refractivity contribution in [3.63, 3.8) is 0 Å². The molecule has 1 fully saturated rings. The summed E-state index contributed by atoms with van der Waals surface area (Å²) in [6.45, 7) is 1.88. The maximum absolute atomic E-state index is 13.0. The van der Waals surface area contributed by atoms with Crippen LogP contribution in [0.15, 0.2) is 52.5 Å². The molecule has 0 unspecified atom stereocenters. The number of halogens is 1. The maximum atomic E-state index is 13.0. The highest BCUT2D eigenvalue weighted by atomic mass is 79.9. The Hall–Kier alpha value is -2.51. The quantitative estimate of drug-likeness (QED) is 0.459. The van der Waals surface area contributed by atoms with E-state index in [1.165, 1.54) is 18.1 Å². The minimum absolute atomic E-state index is 0.0155. The summed E-state index contributed by atoms with van der Waals surface area (Å²) >= 11 is 8.61. The van der Waals surface area contributed by atoms with E-state index in [1.807, 2.05) is 31.2 Å². The van der Waals surface area contributed by atoms with Crippen molar-refractivity contribution in [3.05, 3.63) is 63.6 Å². The molecule has 26 heavy (non-hydrogen) atoms. The van der Waals surface area contributed by atoms with Crippen LogP contribution in [0, 0.1) is 6.92 Å². The van der Waals surface area contributed by atoms with E-state index in [0.29, 0.717) is 17.0 Å². The van der Waals surface area contributed by atoms with Crippen LogP contribution < -0.4 is 15.0 Å². The fourth-order valence-corrected chi connectivity index (χ4v) is 3.32. The van der Waals surface area contributed by atoms with Crippen LogP contribution in [0.2, 0.25) is 0 Å². The molecule has 7 heteroatoms. The number of carbonyl (C=O) groups excluding carboxylic acids is 2. The molecule has 3 rings (SSSR count). The molecule has 132 valence electrons. The van der Waals surface area contributed by atoms with Gasteiger partial charge in [-0.2, -0.15) is 0 Å². The van der Waals surface area contributed by atoms with E-state index in [9.17, 15) is 9.59 Å². The SMILES string of the molecule is COc1ccc(Br)cc1/C=C1\C(=O)NC(=S)N(c2ccccc2C)C1=O. The molecule has 1 aliphatic rings. The van der Waals surface area contributed by atoms with Crippen LogP contribution in [0.5, 0.6) is 5.75 Å². The summed E-state index contributed by atoms with van der Waals surface area (Å²) in [4.78, 5) is 26.8. The van der Waals surface area contributed by atoms with Crippen molar-refractivity contribution >= 4 is 56.8 Å². The van der Waals surface area contributed by atoms with Crippen molar-refractivity contribution in [1.29, 1.82) is 0 Å². The van der Waals surface area contributed by atoms with Crippen LogP contribution in [-0.4, -0.2) is 24.0 Å². The third-order valence-electron chi connectivity index (χ3n) is 3.95. The van der Waals surface area contributed by atoms with Gasteiger partial charge < -0.3 is 4.74 Å². The predicted molar refractivity (Wildman–Crippen MR) is 108 cm³/mol. The number of ether oxygens (including phenoxy) is 1. The van der Waals surface area contributed by atoms with E-state index in [0.717, 1.165) is 10.0 Å². The number of para-hydroxylation sites is 1. The second-order valence-corrected chi connectivity index (χ2v) is 6.93. The Labute approximate surface area is 164 Å². The summed E-state index contributed by atoms with van der Waals surface area (Å²) in [5.74, 6) is -0.459. The number of amides is 2. The van der Waals surface area contributed by atoms with Crippen LogP contribution in [0.25, 0.3) is 6.08 Å². The molecule has 0 saturated carbocycles. The summed E-state index contributed by atoms with van der Waals surface area (Å²) in [5, 5.41) is 2.65. The van der Waals surface area contributed by atoms with E-state index in [4.69, 9.17) is 17.0 Å². The van der Waals surface area contributed by atoms with Crippen molar-refractivity contribution < 1.29 is 14.3 Å². The van der Waals surface area contributed by atoms with Crippen LogP contribution in [0.1, 0.15) is 11.1 Å². The lowest BCUT2D eigenvalue weighted by Gasteiger charge is -2.30. The minimum Gasteiger partial charge on any atom is -0.496 e. The monoisotopic (exact) mass is 430 g/mol. The van der Waals surface area contributed by atoms with Gasteiger partial charge in [0.05, 0.1) is 12.8 Å². The molecular formula is C19H15BrN2O3S. The highest BCUT2D eigenvalue weighted by Gasteiger charge is 2.35. The summed E-state index contributed by atoms with van der Waals surface area (Å²) in [6.07, 6.45) is 1.51. The van der Waals surface area contributed by atoms with Crippen molar-refractivity contribution in [2.45, 2.75) is 6.92 Å². The normalized spacial score (nSPS) is 16.0. The van der Waals surface area contributed by atoms with Gasteiger partial charge in [-0.05, 0) is 55.0 Å². The molecule has 0 aliphatic carbocycles. The van der Waals surface area contributed by atoms with E-state index in [-0.39, 0.29) is 10.7 Å². The molecule has 2 aromatic rings. The van der Waals surface area contributed by atoms with Gasteiger partial charge in [-0.1, -0.05) is 34.1 Å². The smallest absolute Gasteiger partial charge is 0.270 e. The molecule has 1 N–H and O–H groups in total. The number of methoxy groups -OCH3 is 1. The Morgan fingerprint density at radius 2 is 1.92 bits per heavy atom. The summed E-state index contributed by atoms with van der Waals surface area (Å²) in [7, 11) is 1.53. The minimum atomic E-state index is -0.535. The zero-order valence-electron chi connectivity index (χ0n) is 14.1. The van der Waals surface area contributed by atoms with Crippen LogP contribution in [0.4, 0.5) is 5.69 Å². The van der Waals surface area contributed by atoms with Gasteiger partial charge in [0.25, 0.3) is 11.8 Å². The first kappa shape index (κ1) is 18.3. The number of nitrogens with one attached hydrogen (secondary N) is 1. The molecule has 0 bridgehead atoms. The van der Waals surface area contributed by atoms with Crippen molar-refractivity contribution in [2.24, 2.45) is 0 Å². The number of nitrogens with zero attached hydrogens (tertiary/aromatic N) is 1. The summed E-state index contributed by atoms with van der Waals surface area (Å²) in [5.41, 5.74) is 2.10. The lowest BCUT2D eigenvalue weighted by molar-refractivity contribution is -0.122. The first-order valence-corrected chi connectivity index (χ1v) is 8.93. The largest absolute Gasteiger partial charge is 0.496 e. The Morgan fingerprint density at radius 3 is 2.62 bits per heavy atom. The average molecular weight is 431 g/mol. The molecule has 0 spiro atoms. The number of benzene rings is 2. The Bertz CT molecular complexity index is 956. The molecule has 2 amide bonds. The fraction of sp³-hybridized carbons (Fsp3) is 0.105. The van der Waals surface area contributed by atoms with Crippen molar-refractivity contribution in [3.8, 4) is 5.75 Å². The van der Waals surface area contributed by atoms with Gasteiger partial charge in [-0.3, -0.25) is 19.8 Å². The van der Waals surface area contributed by atoms with Gasteiger partial charge in [-0.15, -0.1) is 0 Å². The third kappa shape index (κ3) is 3.40. The van der Waals surface area contributed by atoms with Gasteiger partial charge in [0.1, 0.15) is 11.3 Å². The summed E-state index contributed by atoms with van der Waals surface area (Å²) in [6, 6.07) is 12.7. The topological polar surface area (TPSA) is 58.6 Å². The van der Waals surface area contributed by atoms with Gasteiger partial charge >= 0.3 is 0 Å². The number of carbonyl (C=O) groups is 2. The molecule has 5 nitrogen and oxygen atoms in total. The van der Waals surface area contributed by atoms with Crippen molar-refractivity contribution in [1.82, 2.24) is 5.32 Å². The number of aryl methyl sites for hydroxylation is 1. The molecule has 0 atom stereocenters. The highest BCUT2D eigenvalue weighted by Crippen LogP contribution is 2.28. The zero-order chi connectivity index (χ0) is 18.8. The van der Waals surface area contributed by atoms with Gasteiger partial charge in [0, 0.05) is 10.0 Å². The van der Waals surface area contributed by atoms with Crippen molar-refractivity contribution in [2.75, 3.05) is 12.0 Å². The Morgan fingerprint density at radius 1 is 1.19 bits per heavy atom. The summed E-state index contributed by atoms with van der Waals surface area (Å²) < 4.78 is 6.12. The van der Waals surface area contributed by atoms with Crippen LogP contribution >= 0.6 is 28.1 Å². The number of thiocarbonyl (C=S) groups is 1. The number of hydrogen-bond donors (Lipinski definition) is 1. The second-order valence-electron chi connectivity index (χ2n) is 5.63. The molecular weight excluding hydrogens is 416 g/mol. The predicted octanol–water partition coefficient (Wildman–Crippen LogP) is 3.60. The first-order valence-electron chi connectivity index (χ1n) is 7.73. The van der Waals surface area contributed by atoms with Gasteiger partial charge in [-0.25, -0.2) is 0 Å². The highest BCUT2D eigenvalue weighted by molar-refractivity contribution is 9.10. The van der Waals surface area contributed by atoms with Crippen LogP contribution in [0.3, 0.4) is 0 Å². The lowest BCUT2D eigenvalue weighted by Crippen LogP contribution is -2.54. The van der Waals surface area contributed by atoms with E-state index < -0.39 is 11.8 Å². The molecule has 1 heterocycles. The number of anilines is 1. The fourth-order valence-electron chi connectivity index (χ4n) is 2.66. The first-order chi connectivity index (χ1) is 12.4. The second kappa shape index (κ2) is 7.39. The Balaban J connectivity index is 2.09. The molecule has 0 radical (unpaired) electrons. The zero-order valence-corrected chi connectivity index (χ0v) is 16.5. The maximum Gasteiger partial charge on any atom is 0.270 e. The third-order valence-corrected chi connectivity index (χ3v) is 4.73. The molecule has 2 aromatic carbocycles. The Kier molecular flexibility index (Phi) is 5.20. The van der Waals surface area contributed by atoms with E-state index in [2.05, 4.69) is 21.2 Å². The standard InChI is InChI=1S/C19H15BrN2O3S/c1-11-5-3-4-6-15(11)22-18(24)14(17(23)21-19(22)26)10-12-9-13(20)7-8-16(12)25-2/h3-10H,1-2H3,(H,21,23,26)/b14-10+. The van der Waals surface area contributed by atoms with E-state index >= 15 is 0 Å². The molecule has 0 aromatic heterocycles.